The van der Waals surface area contributed by atoms with E-state index in [0.717, 1.165) is 12.1 Å². The molecule has 6 heteroatoms. The molecule has 2 rings (SSSR count). The van der Waals surface area contributed by atoms with Gasteiger partial charge in [-0.3, -0.25) is 9.69 Å². The molecule has 2 N–H and O–H groups in total. The molecule has 1 aliphatic heterocycles. The highest BCUT2D eigenvalue weighted by atomic mass is 35.5. The lowest BCUT2D eigenvalue weighted by atomic mass is 10.1. The molecule has 1 aromatic carbocycles. The van der Waals surface area contributed by atoms with Gasteiger partial charge in [0.1, 0.15) is 11.9 Å². The van der Waals surface area contributed by atoms with Crippen molar-refractivity contribution in [3.05, 3.63) is 35.6 Å². The summed E-state index contributed by atoms with van der Waals surface area (Å²) in [5, 5.41) is 12.1. The molecule has 0 aromatic heterocycles. The molecule has 100 valence electrons. The molecule has 18 heavy (non-hydrogen) atoms. The summed E-state index contributed by atoms with van der Waals surface area (Å²) < 4.78 is 12.8. The molecule has 0 bridgehead atoms. The highest BCUT2D eigenvalue weighted by Gasteiger charge is 2.27. The van der Waals surface area contributed by atoms with Crippen LogP contribution >= 0.6 is 12.4 Å². The minimum Gasteiger partial charge on any atom is -0.480 e. The van der Waals surface area contributed by atoms with Gasteiger partial charge in [-0.15, -0.1) is 12.4 Å². The van der Waals surface area contributed by atoms with Crippen molar-refractivity contribution in [1.29, 1.82) is 0 Å². The molecule has 0 aliphatic carbocycles. The Bertz CT molecular complexity index is 400. The molecule has 1 aliphatic rings. The Kier molecular flexibility index (Phi) is 5.53. The van der Waals surface area contributed by atoms with Crippen LogP contribution in [0.1, 0.15) is 5.56 Å². The first-order chi connectivity index (χ1) is 8.16. The predicted octanol–water partition coefficient (Wildman–Crippen LogP) is 1.11. The highest BCUT2D eigenvalue weighted by molar-refractivity contribution is 5.85. The first kappa shape index (κ1) is 14.9. The van der Waals surface area contributed by atoms with E-state index >= 15 is 0 Å². The lowest BCUT2D eigenvalue weighted by Gasteiger charge is -2.33. The Labute approximate surface area is 111 Å². The Morgan fingerprint density at radius 2 is 2.11 bits per heavy atom. The monoisotopic (exact) mass is 274 g/mol. The maximum atomic E-state index is 12.8. The van der Waals surface area contributed by atoms with Gasteiger partial charge in [-0.1, -0.05) is 12.1 Å². The summed E-state index contributed by atoms with van der Waals surface area (Å²) in [7, 11) is 0. The third kappa shape index (κ3) is 3.66. The molecule has 1 saturated heterocycles. The van der Waals surface area contributed by atoms with Crippen molar-refractivity contribution in [3.8, 4) is 0 Å². The second-order valence-corrected chi connectivity index (χ2v) is 4.16. The van der Waals surface area contributed by atoms with E-state index < -0.39 is 12.0 Å². The quantitative estimate of drug-likeness (QED) is 0.867. The average Bonchev–Trinajstić information content (AvgIpc) is 2.32. The Morgan fingerprint density at radius 3 is 2.72 bits per heavy atom. The number of hydrogen-bond acceptors (Lipinski definition) is 3. The maximum absolute atomic E-state index is 12.8. The average molecular weight is 275 g/mol. The van der Waals surface area contributed by atoms with Crippen LogP contribution in [-0.2, 0) is 11.3 Å². The van der Waals surface area contributed by atoms with Crippen LogP contribution in [-0.4, -0.2) is 41.7 Å². The van der Waals surface area contributed by atoms with Crippen LogP contribution in [0.3, 0.4) is 0 Å². The van der Waals surface area contributed by atoms with Gasteiger partial charge in [0.25, 0.3) is 0 Å². The number of nitrogens with one attached hydrogen (secondary N) is 1. The van der Waals surface area contributed by atoms with Crippen molar-refractivity contribution in [2.75, 3.05) is 19.6 Å². The van der Waals surface area contributed by atoms with E-state index in [1.165, 1.54) is 12.1 Å². The zero-order valence-corrected chi connectivity index (χ0v) is 10.6. The summed E-state index contributed by atoms with van der Waals surface area (Å²) in [4.78, 5) is 13.0. The van der Waals surface area contributed by atoms with Crippen LogP contribution in [0.4, 0.5) is 4.39 Å². The molecule has 1 atom stereocenters. The summed E-state index contributed by atoms with van der Waals surface area (Å²) in [6, 6.07) is 5.67. The molecule has 1 heterocycles. The number of aliphatic carboxylic acids is 1. The fraction of sp³-hybridized carbons (Fsp3) is 0.417. The number of rotatable bonds is 3. The van der Waals surface area contributed by atoms with E-state index in [1.807, 2.05) is 4.90 Å². The molecule has 0 amide bonds. The molecular weight excluding hydrogens is 259 g/mol. The minimum atomic E-state index is -0.820. The molecule has 1 aromatic rings. The van der Waals surface area contributed by atoms with Crippen LogP contribution < -0.4 is 5.32 Å². The van der Waals surface area contributed by atoms with E-state index in [-0.39, 0.29) is 18.2 Å². The number of hydrogen-bond donors (Lipinski definition) is 2. The summed E-state index contributed by atoms with van der Waals surface area (Å²) in [6.07, 6.45) is 0. The van der Waals surface area contributed by atoms with Crippen molar-refractivity contribution in [2.45, 2.75) is 12.6 Å². The van der Waals surface area contributed by atoms with Gasteiger partial charge < -0.3 is 10.4 Å². The van der Waals surface area contributed by atoms with Crippen LogP contribution in [0, 0.1) is 5.82 Å². The van der Waals surface area contributed by atoms with E-state index in [1.54, 1.807) is 12.1 Å². The first-order valence-electron chi connectivity index (χ1n) is 5.59. The van der Waals surface area contributed by atoms with E-state index in [9.17, 15) is 9.18 Å². The zero-order valence-electron chi connectivity index (χ0n) is 9.80. The van der Waals surface area contributed by atoms with Crippen molar-refractivity contribution in [2.24, 2.45) is 0 Å². The van der Waals surface area contributed by atoms with Gasteiger partial charge in [-0.05, 0) is 17.7 Å². The number of carboxylic acids is 1. The standard InChI is InChI=1S/C12H15FN2O2.ClH/c13-10-3-1-9(2-4-10)8-15-6-5-14-7-11(15)12(16)17;/h1-4,11,14H,5-8H2,(H,16,17);1H. The van der Waals surface area contributed by atoms with Crippen LogP contribution in [0.25, 0.3) is 0 Å². The third-order valence-electron chi connectivity index (χ3n) is 2.94. The van der Waals surface area contributed by atoms with E-state index in [2.05, 4.69) is 5.32 Å². The van der Waals surface area contributed by atoms with Gasteiger partial charge in [-0.25, -0.2) is 4.39 Å². The first-order valence-corrected chi connectivity index (χ1v) is 5.59. The number of benzene rings is 1. The largest absolute Gasteiger partial charge is 0.480 e. The van der Waals surface area contributed by atoms with Gasteiger partial charge in [0, 0.05) is 26.2 Å². The molecule has 0 saturated carbocycles. The summed E-state index contributed by atoms with van der Waals surface area (Å²) in [6.45, 7) is 2.47. The van der Waals surface area contributed by atoms with Gasteiger partial charge in [0.15, 0.2) is 0 Å². The Morgan fingerprint density at radius 1 is 1.44 bits per heavy atom. The lowest BCUT2D eigenvalue weighted by molar-refractivity contribution is -0.144. The number of halogens is 2. The fourth-order valence-electron chi connectivity index (χ4n) is 2.00. The van der Waals surface area contributed by atoms with E-state index in [4.69, 9.17) is 5.11 Å². The third-order valence-corrected chi connectivity index (χ3v) is 2.94. The molecule has 1 unspecified atom stereocenters. The van der Waals surface area contributed by atoms with E-state index in [0.29, 0.717) is 19.6 Å². The zero-order chi connectivity index (χ0) is 12.3. The topological polar surface area (TPSA) is 52.6 Å². The maximum Gasteiger partial charge on any atom is 0.322 e. The molecule has 0 spiro atoms. The number of nitrogens with zero attached hydrogens (tertiary/aromatic N) is 1. The fourth-order valence-corrected chi connectivity index (χ4v) is 2.00. The summed E-state index contributed by atoms with van der Waals surface area (Å²) >= 11 is 0. The van der Waals surface area contributed by atoms with Crippen molar-refractivity contribution >= 4 is 18.4 Å². The summed E-state index contributed by atoms with van der Waals surface area (Å²) in [5.74, 6) is -1.09. The van der Waals surface area contributed by atoms with Gasteiger partial charge in [-0.2, -0.15) is 0 Å². The molecular formula is C12H16ClFN2O2. The number of carboxylic acid groups (broad SMARTS) is 1. The Balaban J connectivity index is 0.00000162. The second-order valence-electron chi connectivity index (χ2n) is 4.16. The van der Waals surface area contributed by atoms with Gasteiger partial charge in [0.2, 0.25) is 0 Å². The van der Waals surface area contributed by atoms with Gasteiger partial charge in [0.05, 0.1) is 0 Å². The smallest absolute Gasteiger partial charge is 0.322 e. The van der Waals surface area contributed by atoms with Gasteiger partial charge >= 0.3 is 5.97 Å². The SMILES string of the molecule is Cl.O=C(O)C1CNCCN1Cc1ccc(F)cc1. The number of piperazine rings is 1. The molecule has 1 fully saturated rings. The van der Waals surface area contributed by atoms with Crippen LogP contribution in [0.5, 0.6) is 0 Å². The summed E-state index contributed by atoms with van der Waals surface area (Å²) in [5.41, 5.74) is 0.930. The number of carbonyl (C=O) groups is 1. The predicted molar refractivity (Wildman–Crippen MR) is 68.4 cm³/mol. The lowest BCUT2D eigenvalue weighted by Crippen LogP contribution is -2.54. The molecule has 0 radical (unpaired) electrons. The molecule has 4 nitrogen and oxygen atoms in total. The Hall–Kier alpha value is -1.17. The minimum absolute atomic E-state index is 0. The normalized spacial score (nSPS) is 20.2. The van der Waals surface area contributed by atoms with Crippen molar-refractivity contribution in [1.82, 2.24) is 10.2 Å². The van der Waals surface area contributed by atoms with Crippen molar-refractivity contribution < 1.29 is 14.3 Å². The highest BCUT2D eigenvalue weighted by Crippen LogP contribution is 2.11. The van der Waals surface area contributed by atoms with Crippen molar-refractivity contribution in [3.63, 3.8) is 0 Å². The van der Waals surface area contributed by atoms with Crippen LogP contribution in [0.15, 0.2) is 24.3 Å². The van der Waals surface area contributed by atoms with Crippen LogP contribution in [0.2, 0.25) is 0 Å². The second kappa shape index (κ2) is 6.68.